The van der Waals surface area contributed by atoms with Crippen molar-refractivity contribution >= 4 is 22.0 Å². The molecule has 2 aliphatic rings. The van der Waals surface area contributed by atoms with E-state index in [1.807, 2.05) is 25.1 Å². The highest BCUT2D eigenvalue weighted by Gasteiger charge is 2.27. The van der Waals surface area contributed by atoms with Crippen molar-refractivity contribution in [2.45, 2.75) is 51.9 Å². The maximum absolute atomic E-state index is 6.06. The molecule has 1 atom stereocenters. The Morgan fingerprint density at radius 3 is 2.59 bits per heavy atom. The second kappa shape index (κ2) is 12.3. The SMILES string of the molecule is C=C/C(N)=C(\C=C/C)/C=C\CC1=CC=C(c2cc(C)cc(C3=CCC(C)(c4ccc5ccccc5n4)C=C3)n2)CC1. The van der Waals surface area contributed by atoms with Gasteiger partial charge in [0.15, 0.2) is 0 Å². The molecule has 1 unspecified atom stereocenters. The van der Waals surface area contributed by atoms with Gasteiger partial charge in [0.2, 0.25) is 0 Å². The summed E-state index contributed by atoms with van der Waals surface area (Å²) in [4.78, 5) is 10.1. The van der Waals surface area contributed by atoms with Crippen LogP contribution in [0.1, 0.15) is 62.2 Å². The third-order valence-electron chi connectivity index (χ3n) is 7.97. The predicted octanol–water partition coefficient (Wildman–Crippen LogP) is 9.26. The molecule has 0 radical (unpaired) electrons. The van der Waals surface area contributed by atoms with Crippen molar-refractivity contribution in [1.82, 2.24) is 9.97 Å². The van der Waals surface area contributed by atoms with E-state index < -0.39 is 0 Å². The molecule has 0 amide bonds. The second-order valence-corrected chi connectivity index (χ2v) is 11.2. The third-order valence-corrected chi connectivity index (χ3v) is 7.97. The summed E-state index contributed by atoms with van der Waals surface area (Å²) in [5.74, 6) is 0. The van der Waals surface area contributed by atoms with E-state index in [1.165, 1.54) is 27.7 Å². The summed E-state index contributed by atoms with van der Waals surface area (Å²) >= 11 is 0. The van der Waals surface area contributed by atoms with E-state index in [1.54, 1.807) is 6.08 Å². The van der Waals surface area contributed by atoms with Crippen LogP contribution in [-0.2, 0) is 5.41 Å². The van der Waals surface area contributed by atoms with Crippen LogP contribution in [0.2, 0.25) is 0 Å². The van der Waals surface area contributed by atoms with Crippen LogP contribution in [0.25, 0.3) is 22.0 Å². The summed E-state index contributed by atoms with van der Waals surface area (Å²) in [6.45, 7) is 10.2. The molecule has 2 heterocycles. The third kappa shape index (κ3) is 6.47. The van der Waals surface area contributed by atoms with Gasteiger partial charge >= 0.3 is 0 Å². The first-order valence-corrected chi connectivity index (χ1v) is 14.4. The first-order chi connectivity index (χ1) is 19.9. The summed E-state index contributed by atoms with van der Waals surface area (Å²) < 4.78 is 0. The van der Waals surface area contributed by atoms with Gasteiger partial charge < -0.3 is 5.73 Å². The fraction of sp³-hybridized carbons (Fsp3) is 0.211. The number of fused-ring (bicyclic) bond motifs is 1. The van der Waals surface area contributed by atoms with Crippen molar-refractivity contribution < 1.29 is 0 Å². The number of nitrogens with zero attached hydrogens (tertiary/aromatic N) is 2. The lowest BCUT2D eigenvalue weighted by Gasteiger charge is -2.28. The molecule has 3 aromatic rings. The van der Waals surface area contributed by atoms with Gasteiger partial charge in [-0.25, -0.2) is 4.98 Å². The molecule has 206 valence electrons. The maximum Gasteiger partial charge on any atom is 0.0708 e. The molecular formula is C38H39N3. The molecular weight excluding hydrogens is 498 g/mol. The van der Waals surface area contributed by atoms with Crippen LogP contribution in [0.5, 0.6) is 0 Å². The Morgan fingerprint density at radius 2 is 1.85 bits per heavy atom. The number of para-hydroxylation sites is 1. The summed E-state index contributed by atoms with van der Waals surface area (Å²) in [6.07, 6.45) is 25.1. The fourth-order valence-corrected chi connectivity index (χ4v) is 5.42. The van der Waals surface area contributed by atoms with E-state index in [9.17, 15) is 0 Å². The molecule has 0 saturated carbocycles. The van der Waals surface area contributed by atoms with E-state index in [-0.39, 0.29) is 5.41 Å². The molecule has 3 heteroatoms. The second-order valence-electron chi connectivity index (χ2n) is 11.2. The predicted molar refractivity (Wildman–Crippen MR) is 175 cm³/mol. The minimum absolute atomic E-state index is 0.136. The number of pyridine rings is 2. The molecule has 0 aliphatic heterocycles. The Kier molecular flexibility index (Phi) is 8.45. The number of aryl methyl sites for hydroxylation is 1. The molecule has 1 aromatic carbocycles. The average Bonchev–Trinajstić information content (AvgIpc) is 3.00. The van der Waals surface area contributed by atoms with E-state index in [4.69, 9.17) is 15.7 Å². The van der Waals surface area contributed by atoms with Crippen LogP contribution >= 0.6 is 0 Å². The highest BCUT2D eigenvalue weighted by molar-refractivity contribution is 5.79. The van der Waals surface area contributed by atoms with Gasteiger partial charge in [-0.2, -0.15) is 0 Å². The Bertz CT molecular complexity index is 1690. The van der Waals surface area contributed by atoms with Gasteiger partial charge in [0.05, 0.1) is 22.6 Å². The number of benzene rings is 1. The molecule has 5 rings (SSSR count). The molecule has 0 fully saturated rings. The Labute approximate surface area is 244 Å². The zero-order valence-corrected chi connectivity index (χ0v) is 24.4. The normalized spacial score (nSPS) is 19.7. The van der Waals surface area contributed by atoms with Crippen LogP contribution in [0, 0.1) is 6.92 Å². The minimum Gasteiger partial charge on any atom is -0.398 e. The zero-order chi connectivity index (χ0) is 28.8. The van der Waals surface area contributed by atoms with Crippen molar-refractivity contribution in [2.75, 3.05) is 0 Å². The van der Waals surface area contributed by atoms with Crippen molar-refractivity contribution in [2.24, 2.45) is 5.73 Å². The molecule has 0 saturated heterocycles. The first kappa shape index (κ1) is 28.0. The van der Waals surface area contributed by atoms with Gasteiger partial charge in [-0.05, 0) is 92.2 Å². The molecule has 3 nitrogen and oxygen atoms in total. The monoisotopic (exact) mass is 537 g/mol. The zero-order valence-electron chi connectivity index (χ0n) is 24.4. The number of aromatic nitrogens is 2. The standard InChI is InChI=1S/C38H39N3/c1-5-10-29(33(39)6-2)13-9-11-28-15-17-31(18-16-28)35-25-27(3)26-36(40-35)32-21-23-38(4,24-22-32)37-20-19-30-12-7-8-14-34(30)41-37/h5-10,12-15,17,19-23,25-26H,2,11,16,18,24,39H2,1,3-4H3/b10-5-,13-9-,33-29-. The molecule has 2 aromatic heterocycles. The minimum atomic E-state index is -0.136. The number of allylic oxidation sites excluding steroid dienone is 14. The maximum atomic E-state index is 6.06. The Hall–Kier alpha value is -4.50. The van der Waals surface area contributed by atoms with Crippen molar-refractivity contribution in [1.29, 1.82) is 0 Å². The average molecular weight is 538 g/mol. The van der Waals surface area contributed by atoms with E-state index in [0.29, 0.717) is 5.70 Å². The van der Waals surface area contributed by atoms with E-state index in [0.717, 1.165) is 53.9 Å². The molecule has 0 spiro atoms. The lowest BCUT2D eigenvalue weighted by atomic mass is 9.78. The summed E-state index contributed by atoms with van der Waals surface area (Å²) in [7, 11) is 0. The summed E-state index contributed by atoms with van der Waals surface area (Å²) in [5.41, 5.74) is 17.0. The van der Waals surface area contributed by atoms with Gasteiger partial charge in [0.25, 0.3) is 0 Å². The van der Waals surface area contributed by atoms with E-state index in [2.05, 4.69) is 105 Å². The number of rotatable bonds is 8. The van der Waals surface area contributed by atoms with Gasteiger partial charge in [-0.15, -0.1) is 0 Å². The van der Waals surface area contributed by atoms with Crippen LogP contribution in [-0.4, -0.2) is 9.97 Å². The fourth-order valence-electron chi connectivity index (χ4n) is 5.42. The number of nitrogens with two attached hydrogens (primary N) is 1. The van der Waals surface area contributed by atoms with Gasteiger partial charge in [0, 0.05) is 16.5 Å². The Balaban J connectivity index is 1.31. The van der Waals surface area contributed by atoms with Gasteiger partial charge in [0.1, 0.15) is 0 Å². The van der Waals surface area contributed by atoms with Gasteiger partial charge in [-0.3, -0.25) is 4.98 Å². The topological polar surface area (TPSA) is 51.8 Å². The largest absolute Gasteiger partial charge is 0.398 e. The van der Waals surface area contributed by atoms with Crippen LogP contribution in [0.15, 0.2) is 133 Å². The molecule has 2 N–H and O–H groups in total. The van der Waals surface area contributed by atoms with E-state index >= 15 is 0 Å². The van der Waals surface area contributed by atoms with Crippen LogP contribution in [0.4, 0.5) is 0 Å². The van der Waals surface area contributed by atoms with Gasteiger partial charge in [-0.1, -0.05) is 98.0 Å². The number of hydrogen-bond acceptors (Lipinski definition) is 3. The highest BCUT2D eigenvalue weighted by atomic mass is 14.7. The number of hydrogen-bond donors (Lipinski definition) is 1. The van der Waals surface area contributed by atoms with Crippen molar-refractivity contribution in [3.8, 4) is 0 Å². The van der Waals surface area contributed by atoms with Crippen molar-refractivity contribution in [3.63, 3.8) is 0 Å². The van der Waals surface area contributed by atoms with Crippen molar-refractivity contribution in [3.05, 3.63) is 155 Å². The molecule has 0 bridgehead atoms. The molecule has 2 aliphatic carbocycles. The highest BCUT2D eigenvalue weighted by Crippen LogP contribution is 2.36. The smallest absolute Gasteiger partial charge is 0.0708 e. The first-order valence-electron chi connectivity index (χ1n) is 14.4. The lowest BCUT2D eigenvalue weighted by molar-refractivity contribution is 0.583. The Morgan fingerprint density at radius 1 is 1.02 bits per heavy atom. The quantitative estimate of drug-likeness (QED) is 0.291. The summed E-state index contributed by atoms with van der Waals surface area (Å²) in [5, 5.41) is 1.17. The van der Waals surface area contributed by atoms with Crippen LogP contribution < -0.4 is 5.73 Å². The lowest BCUT2D eigenvalue weighted by Crippen LogP contribution is -2.21. The molecule has 41 heavy (non-hydrogen) atoms. The summed E-state index contributed by atoms with van der Waals surface area (Å²) in [6, 6.07) is 17.0. The van der Waals surface area contributed by atoms with Crippen LogP contribution in [0.3, 0.4) is 0 Å².